The zero-order valence-electron chi connectivity index (χ0n) is 11.5. The lowest BCUT2D eigenvalue weighted by molar-refractivity contribution is 0.0163. The molecule has 3 N–H and O–H groups in total. The summed E-state index contributed by atoms with van der Waals surface area (Å²) in [7, 11) is -4.01. The van der Waals surface area contributed by atoms with Crippen molar-refractivity contribution >= 4 is 16.0 Å². The van der Waals surface area contributed by atoms with Crippen molar-refractivity contribution in [1.29, 1.82) is 0 Å². The van der Waals surface area contributed by atoms with Crippen LogP contribution >= 0.6 is 0 Å². The van der Waals surface area contributed by atoms with Crippen LogP contribution in [0.5, 0.6) is 0 Å². The molecule has 0 amide bonds. The molecule has 1 aromatic rings. The first-order valence-corrected chi connectivity index (χ1v) is 8.12. The number of aryl methyl sites for hydroxylation is 1. The molecule has 8 heteroatoms. The van der Waals surface area contributed by atoms with Gasteiger partial charge in [0.1, 0.15) is 11.0 Å². The minimum atomic E-state index is -4.01. The molecule has 20 heavy (non-hydrogen) atoms. The smallest absolute Gasteiger partial charge is 0.360 e. The van der Waals surface area contributed by atoms with Crippen molar-refractivity contribution < 1.29 is 17.9 Å². The van der Waals surface area contributed by atoms with Crippen molar-refractivity contribution in [3.05, 3.63) is 11.4 Å². The van der Waals surface area contributed by atoms with E-state index >= 15 is 0 Å². The van der Waals surface area contributed by atoms with Crippen molar-refractivity contribution in [2.75, 3.05) is 0 Å². The Kier molecular flexibility index (Phi) is 4.14. The minimum absolute atomic E-state index is 0.177. The fraction of sp³-hybridized carbons (Fsp3) is 0.667. The molecule has 0 saturated heterocycles. The van der Waals surface area contributed by atoms with Gasteiger partial charge in [-0.1, -0.05) is 6.92 Å². The molecule has 0 aliphatic heterocycles. The van der Waals surface area contributed by atoms with Crippen LogP contribution in [0.15, 0.2) is 4.90 Å². The van der Waals surface area contributed by atoms with E-state index < -0.39 is 16.0 Å². The Morgan fingerprint density at radius 3 is 2.50 bits per heavy atom. The Hall–Kier alpha value is -1.41. The molecule has 1 heterocycles. The Morgan fingerprint density at radius 2 is 1.95 bits per heavy atom. The van der Waals surface area contributed by atoms with Gasteiger partial charge >= 0.3 is 5.97 Å². The average molecular weight is 301 g/mol. The molecule has 0 spiro atoms. The van der Waals surface area contributed by atoms with Gasteiger partial charge in [0.25, 0.3) is 0 Å². The van der Waals surface area contributed by atoms with Crippen LogP contribution in [0, 0.1) is 12.8 Å². The van der Waals surface area contributed by atoms with E-state index in [1.165, 1.54) is 6.92 Å². The summed E-state index contributed by atoms with van der Waals surface area (Å²) in [5.41, 5.74) is -0.0275. The van der Waals surface area contributed by atoms with Gasteiger partial charge in [0, 0.05) is 0 Å². The third-order valence-corrected chi connectivity index (χ3v) is 4.67. The van der Waals surface area contributed by atoms with Crippen molar-refractivity contribution in [1.82, 2.24) is 10.2 Å². The van der Waals surface area contributed by atoms with Crippen LogP contribution in [0.3, 0.4) is 0 Å². The zero-order chi connectivity index (χ0) is 14.9. The molecule has 0 bridgehead atoms. The van der Waals surface area contributed by atoms with E-state index in [0.717, 1.165) is 25.7 Å². The van der Waals surface area contributed by atoms with Crippen LogP contribution < -0.4 is 5.14 Å². The third-order valence-electron chi connectivity index (χ3n) is 3.61. The van der Waals surface area contributed by atoms with E-state index in [4.69, 9.17) is 9.88 Å². The zero-order valence-corrected chi connectivity index (χ0v) is 12.4. The number of nitrogens with zero attached hydrogens (tertiary/aromatic N) is 1. The number of aromatic amines is 1. The molecule has 7 nitrogen and oxygen atoms in total. The molecule has 0 radical (unpaired) electrons. The Bertz CT molecular complexity index is 600. The molecule has 0 unspecified atom stereocenters. The van der Waals surface area contributed by atoms with Gasteiger partial charge in [-0.05, 0) is 38.5 Å². The topological polar surface area (TPSA) is 115 Å². The lowest BCUT2D eigenvalue weighted by Gasteiger charge is -2.25. The van der Waals surface area contributed by atoms with E-state index in [-0.39, 0.29) is 22.4 Å². The number of carbonyl (C=O) groups is 1. The number of rotatable bonds is 3. The number of carbonyl (C=O) groups excluding carboxylic acids is 1. The number of sulfonamides is 1. The number of primary sulfonamides is 1. The maximum absolute atomic E-state index is 12.1. The van der Waals surface area contributed by atoms with E-state index in [9.17, 15) is 13.2 Å². The van der Waals surface area contributed by atoms with Crippen LogP contribution in [0.25, 0.3) is 0 Å². The lowest BCUT2D eigenvalue weighted by atomic mass is 9.89. The van der Waals surface area contributed by atoms with Crippen molar-refractivity contribution in [2.24, 2.45) is 11.1 Å². The van der Waals surface area contributed by atoms with E-state index in [1.54, 1.807) is 0 Å². The van der Waals surface area contributed by atoms with Crippen LogP contribution in [0.1, 0.15) is 48.8 Å². The molecular weight excluding hydrogens is 282 g/mol. The molecule has 1 saturated carbocycles. The van der Waals surface area contributed by atoms with Gasteiger partial charge in [0.05, 0.1) is 5.69 Å². The first kappa shape index (κ1) is 15.0. The Balaban J connectivity index is 2.14. The third kappa shape index (κ3) is 3.18. The number of hydrogen-bond donors (Lipinski definition) is 2. The standard InChI is InChI=1S/C12H19N3O4S/c1-7-3-5-9(6-4-7)19-12(16)10-11(20(13,17)18)8(2)14-15-10/h7,9H,3-6H2,1-2H3,(H,14,15)(H2,13,17,18). The first-order valence-electron chi connectivity index (χ1n) is 6.57. The first-order chi connectivity index (χ1) is 9.29. The fourth-order valence-electron chi connectivity index (χ4n) is 2.46. The summed E-state index contributed by atoms with van der Waals surface area (Å²) in [6.07, 6.45) is 3.41. The number of nitrogens with two attached hydrogens (primary N) is 1. The summed E-state index contributed by atoms with van der Waals surface area (Å²) < 4.78 is 28.3. The largest absolute Gasteiger partial charge is 0.458 e. The van der Waals surface area contributed by atoms with Crippen LogP contribution in [0.4, 0.5) is 0 Å². The van der Waals surface area contributed by atoms with Gasteiger partial charge in [0.15, 0.2) is 5.69 Å². The molecule has 2 rings (SSSR count). The Morgan fingerprint density at radius 1 is 1.35 bits per heavy atom. The predicted molar refractivity (Wildman–Crippen MR) is 71.5 cm³/mol. The summed E-state index contributed by atoms with van der Waals surface area (Å²) in [4.78, 5) is 11.8. The van der Waals surface area contributed by atoms with E-state index in [0.29, 0.717) is 5.92 Å². The quantitative estimate of drug-likeness (QED) is 0.811. The molecule has 1 aliphatic carbocycles. The summed E-state index contributed by atoms with van der Waals surface area (Å²) in [5, 5.41) is 11.3. The molecule has 0 atom stereocenters. The van der Waals surface area contributed by atoms with Gasteiger partial charge in [0.2, 0.25) is 10.0 Å². The van der Waals surface area contributed by atoms with E-state index in [1.807, 2.05) is 0 Å². The highest BCUT2D eigenvalue weighted by atomic mass is 32.2. The number of esters is 1. The number of nitrogens with one attached hydrogen (secondary N) is 1. The van der Waals surface area contributed by atoms with Gasteiger partial charge in [-0.25, -0.2) is 18.4 Å². The number of ether oxygens (including phenoxy) is 1. The second-order valence-corrected chi connectivity index (χ2v) is 6.86. The average Bonchev–Trinajstić information content (AvgIpc) is 2.74. The normalized spacial score (nSPS) is 23.6. The van der Waals surface area contributed by atoms with Gasteiger partial charge < -0.3 is 4.74 Å². The SMILES string of the molecule is Cc1[nH]nc(C(=O)OC2CCC(C)CC2)c1S(N)(=O)=O. The number of hydrogen-bond acceptors (Lipinski definition) is 5. The minimum Gasteiger partial charge on any atom is -0.458 e. The molecule has 0 aromatic carbocycles. The summed E-state index contributed by atoms with van der Waals surface area (Å²) in [6, 6.07) is 0. The van der Waals surface area contributed by atoms with Crippen LogP contribution in [-0.4, -0.2) is 30.7 Å². The van der Waals surface area contributed by atoms with Crippen LogP contribution in [-0.2, 0) is 14.8 Å². The van der Waals surface area contributed by atoms with Crippen LogP contribution in [0.2, 0.25) is 0 Å². The lowest BCUT2D eigenvalue weighted by Crippen LogP contribution is -2.25. The van der Waals surface area contributed by atoms with Gasteiger partial charge in [-0.2, -0.15) is 5.10 Å². The maximum Gasteiger partial charge on any atom is 0.360 e. The maximum atomic E-state index is 12.1. The van der Waals surface area contributed by atoms with Crippen molar-refractivity contribution in [3.8, 4) is 0 Å². The monoisotopic (exact) mass is 301 g/mol. The molecule has 1 fully saturated rings. The molecular formula is C12H19N3O4S. The fourth-order valence-corrected chi connectivity index (χ4v) is 3.33. The molecule has 1 aliphatic rings. The predicted octanol–water partition coefficient (Wildman–Crippen LogP) is 1.10. The summed E-state index contributed by atoms with van der Waals surface area (Å²) in [5.74, 6) is -0.101. The second kappa shape index (κ2) is 5.53. The number of aromatic nitrogens is 2. The van der Waals surface area contributed by atoms with Gasteiger partial charge in [-0.3, -0.25) is 5.10 Å². The van der Waals surface area contributed by atoms with Crippen molar-refractivity contribution in [2.45, 2.75) is 50.5 Å². The van der Waals surface area contributed by atoms with Crippen molar-refractivity contribution in [3.63, 3.8) is 0 Å². The summed E-state index contributed by atoms with van der Waals surface area (Å²) in [6.45, 7) is 3.65. The highest BCUT2D eigenvalue weighted by Gasteiger charge is 2.29. The Labute approximate surface area is 117 Å². The molecule has 112 valence electrons. The molecule has 1 aromatic heterocycles. The van der Waals surface area contributed by atoms with Gasteiger partial charge in [-0.15, -0.1) is 0 Å². The summed E-state index contributed by atoms with van der Waals surface area (Å²) >= 11 is 0. The number of H-pyrrole nitrogens is 1. The highest BCUT2D eigenvalue weighted by Crippen LogP contribution is 2.27. The highest BCUT2D eigenvalue weighted by molar-refractivity contribution is 7.89. The van der Waals surface area contributed by atoms with E-state index in [2.05, 4.69) is 17.1 Å². The second-order valence-electron chi connectivity index (χ2n) is 5.36.